The van der Waals surface area contributed by atoms with Crippen LogP contribution in [0.2, 0.25) is 0 Å². The minimum atomic E-state index is -0.244. The van der Waals surface area contributed by atoms with E-state index in [4.69, 9.17) is 5.26 Å². The van der Waals surface area contributed by atoms with Gasteiger partial charge in [0.2, 0.25) is 5.91 Å². The van der Waals surface area contributed by atoms with Crippen LogP contribution in [0.15, 0.2) is 18.6 Å². The van der Waals surface area contributed by atoms with Crippen LogP contribution in [-0.4, -0.2) is 58.5 Å². The molecule has 0 bridgehead atoms. The number of likely N-dealkylation sites (tertiary alicyclic amines) is 1. The third kappa shape index (κ3) is 3.65. The molecule has 0 radical (unpaired) electrons. The van der Waals surface area contributed by atoms with Gasteiger partial charge in [-0.2, -0.15) is 5.26 Å². The molecule has 1 amide bonds. The minimum absolute atomic E-state index is 0.0403. The molecule has 7 nitrogen and oxygen atoms in total. The highest BCUT2D eigenvalue weighted by Gasteiger charge is 2.33. The zero-order valence-corrected chi connectivity index (χ0v) is 14.1. The van der Waals surface area contributed by atoms with Gasteiger partial charge in [-0.25, -0.2) is 9.97 Å². The summed E-state index contributed by atoms with van der Waals surface area (Å²) in [4.78, 5) is 24.6. The van der Waals surface area contributed by atoms with Gasteiger partial charge in [0.25, 0.3) is 0 Å². The highest BCUT2D eigenvalue weighted by Crippen LogP contribution is 2.25. The van der Waals surface area contributed by atoms with Crippen molar-refractivity contribution >= 4 is 11.7 Å². The highest BCUT2D eigenvalue weighted by molar-refractivity contribution is 5.79. The van der Waals surface area contributed by atoms with E-state index in [1.165, 1.54) is 0 Å². The van der Waals surface area contributed by atoms with E-state index in [2.05, 4.69) is 33.2 Å². The average Bonchev–Trinajstić information content (AvgIpc) is 3.10. The molecule has 2 saturated heterocycles. The third-order valence-electron chi connectivity index (χ3n) is 5.15. The fourth-order valence-electron chi connectivity index (χ4n) is 3.47. The predicted octanol–water partition coefficient (Wildman–Crippen LogP) is 0.940. The molecule has 0 aromatic carbocycles. The molecule has 0 aliphatic carbocycles. The van der Waals surface area contributed by atoms with Gasteiger partial charge in [-0.1, -0.05) is 0 Å². The summed E-state index contributed by atoms with van der Waals surface area (Å²) in [5.74, 6) is 0.996. The molecule has 1 atom stereocenters. The molecule has 3 heterocycles. The number of nitrogens with zero attached hydrogens (tertiary/aromatic N) is 5. The number of amides is 1. The second kappa shape index (κ2) is 7.14. The van der Waals surface area contributed by atoms with E-state index in [0.717, 1.165) is 44.6 Å². The maximum atomic E-state index is 12.4. The van der Waals surface area contributed by atoms with Crippen LogP contribution in [0.5, 0.6) is 0 Å². The lowest BCUT2D eigenvalue weighted by molar-refractivity contribution is -0.130. The van der Waals surface area contributed by atoms with Gasteiger partial charge in [-0.3, -0.25) is 4.79 Å². The Balaban J connectivity index is 1.50. The van der Waals surface area contributed by atoms with Crippen molar-refractivity contribution in [1.29, 1.82) is 5.26 Å². The summed E-state index contributed by atoms with van der Waals surface area (Å²) < 4.78 is 0. The average molecular weight is 328 g/mol. The van der Waals surface area contributed by atoms with Gasteiger partial charge in [0.15, 0.2) is 0 Å². The molecule has 2 fully saturated rings. The third-order valence-corrected chi connectivity index (χ3v) is 5.15. The van der Waals surface area contributed by atoms with Crippen LogP contribution in [0, 0.1) is 11.3 Å². The molecule has 0 unspecified atom stereocenters. The predicted molar refractivity (Wildman–Crippen MR) is 90.2 cm³/mol. The van der Waals surface area contributed by atoms with Crippen LogP contribution < -0.4 is 10.2 Å². The Morgan fingerprint density at radius 2 is 2.25 bits per heavy atom. The minimum Gasteiger partial charge on any atom is -0.356 e. The quantitative estimate of drug-likeness (QED) is 0.885. The second-order valence-corrected chi connectivity index (χ2v) is 6.84. The van der Waals surface area contributed by atoms with Gasteiger partial charge in [0.05, 0.1) is 12.6 Å². The molecule has 1 aromatic rings. The van der Waals surface area contributed by atoms with Crippen molar-refractivity contribution in [2.45, 2.75) is 44.2 Å². The number of aromatic nitrogens is 2. The smallest absolute Gasteiger partial charge is 0.237 e. The molecule has 2 aliphatic rings. The standard InChI is InChI=1S/C17H24N6O/c1-17(21-12-16(24)23-8-2-3-14(23)11-18)5-9-22(10-6-17)15-4-7-19-13-20-15/h4,7,13-14,21H,2-3,5-6,8-10,12H2,1H3/t14-/m0/s1. The van der Waals surface area contributed by atoms with E-state index in [1.54, 1.807) is 17.4 Å². The summed E-state index contributed by atoms with van der Waals surface area (Å²) in [5.41, 5.74) is -0.0545. The van der Waals surface area contributed by atoms with Crippen molar-refractivity contribution in [3.8, 4) is 6.07 Å². The molecule has 24 heavy (non-hydrogen) atoms. The van der Waals surface area contributed by atoms with Crippen LogP contribution >= 0.6 is 0 Å². The van der Waals surface area contributed by atoms with Gasteiger partial charge in [-0.05, 0) is 38.7 Å². The number of nitriles is 1. The Morgan fingerprint density at radius 3 is 2.92 bits per heavy atom. The van der Waals surface area contributed by atoms with E-state index >= 15 is 0 Å². The molecule has 1 N–H and O–H groups in total. The molecule has 0 spiro atoms. The first-order valence-corrected chi connectivity index (χ1v) is 8.56. The first-order chi connectivity index (χ1) is 11.6. The van der Waals surface area contributed by atoms with Crippen molar-refractivity contribution in [3.63, 3.8) is 0 Å². The SMILES string of the molecule is CC1(NCC(=O)N2CCC[C@H]2C#N)CCN(c2ccncn2)CC1. The number of hydrogen-bond acceptors (Lipinski definition) is 6. The van der Waals surface area contributed by atoms with Gasteiger partial charge in [0.1, 0.15) is 18.2 Å². The molecule has 0 saturated carbocycles. The number of hydrogen-bond donors (Lipinski definition) is 1. The van der Waals surface area contributed by atoms with E-state index in [0.29, 0.717) is 13.1 Å². The topological polar surface area (TPSA) is 85.2 Å². The number of carbonyl (C=O) groups is 1. The molecule has 7 heteroatoms. The molecular formula is C17H24N6O. The lowest BCUT2D eigenvalue weighted by atomic mass is 9.89. The summed E-state index contributed by atoms with van der Waals surface area (Å²) in [7, 11) is 0. The Bertz CT molecular complexity index is 605. The fourth-order valence-corrected chi connectivity index (χ4v) is 3.47. The summed E-state index contributed by atoms with van der Waals surface area (Å²) in [6, 6.07) is 3.91. The zero-order chi connectivity index (χ0) is 17.0. The fraction of sp³-hybridized carbons (Fsp3) is 0.647. The van der Waals surface area contributed by atoms with Gasteiger partial charge in [0, 0.05) is 31.4 Å². The molecule has 3 rings (SSSR count). The van der Waals surface area contributed by atoms with Crippen LogP contribution in [0.1, 0.15) is 32.6 Å². The first kappa shape index (κ1) is 16.7. The monoisotopic (exact) mass is 328 g/mol. The summed E-state index contributed by atoms with van der Waals surface area (Å²) in [6.07, 6.45) is 6.96. The van der Waals surface area contributed by atoms with E-state index < -0.39 is 0 Å². The van der Waals surface area contributed by atoms with Crippen molar-refractivity contribution in [2.75, 3.05) is 31.1 Å². The van der Waals surface area contributed by atoms with Crippen LogP contribution in [-0.2, 0) is 4.79 Å². The number of nitrogens with one attached hydrogen (secondary N) is 1. The number of rotatable bonds is 4. The number of anilines is 1. The van der Waals surface area contributed by atoms with Crippen molar-refractivity contribution in [2.24, 2.45) is 0 Å². The zero-order valence-electron chi connectivity index (χ0n) is 14.1. The van der Waals surface area contributed by atoms with Gasteiger partial charge >= 0.3 is 0 Å². The maximum absolute atomic E-state index is 12.4. The lowest BCUT2D eigenvalue weighted by Crippen LogP contribution is -2.54. The van der Waals surface area contributed by atoms with E-state index in [9.17, 15) is 4.79 Å². The van der Waals surface area contributed by atoms with Crippen molar-refractivity contribution < 1.29 is 4.79 Å². The van der Waals surface area contributed by atoms with Crippen molar-refractivity contribution in [3.05, 3.63) is 18.6 Å². The van der Waals surface area contributed by atoms with Crippen LogP contribution in [0.4, 0.5) is 5.82 Å². The van der Waals surface area contributed by atoms with Crippen LogP contribution in [0.3, 0.4) is 0 Å². The van der Waals surface area contributed by atoms with Gasteiger partial charge < -0.3 is 15.1 Å². The largest absolute Gasteiger partial charge is 0.356 e. The molecule has 128 valence electrons. The second-order valence-electron chi connectivity index (χ2n) is 6.84. The Morgan fingerprint density at radius 1 is 1.46 bits per heavy atom. The van der Waals surface area contributed by atoms with E-state index in [-0.39, 0.29) is 17.5 Å². The highest BCUT2D eigenvalue weighted by atomic mass is 16.2. The Kier molecular flexibility index (Phi) is 4.95. The number of piperidine rings is 1. The molecule has 2 aliphatic heterocycles. The lowest BCUT2D eigenvalue weighted by Gasteiger charge is -2.40. The Hall–Kier alpha value is -2.20. The molecular weight excluding hydrogens is 304 g/mol. The van der Waals surface area contributed by atoms with Crippen LogP contribution in [0.25, 0.3) is 0 Å². The van der Waals surface area contributed by atoms with E-state index in [1.807, 2.05) is 6.07 Å². The molecule has 1 aromatic heterocycles. The van der Waals surface area contributed by atoms with Gasteiger partial charge in [-0.15, -0.1) is 0 Å². The Labute approximate surface area is 142 Å². The number of carbonyl (C=O) groups excluding carboxylic acids is 1. The first-order valence-electron chi connectivity index (χ1n) is 8.56. The summed E-state index contributed by atoms with van der Waals surface area (Å²) in [5, 5.41) is 12.5. The van der Waals surface area contributed by atoms with Crippen molar-refractivity contribution in [1.82, 2.24) is 20.2 Å². The maximum Gasteiger partial charge on any atom is 0.237 e. The summed E-state index contributed by atoms with van der Waals surface area (Å²) in [6.45, 7) is 4.99. The normalized spacial score (nSPS) is 23.1. The summed E-state index contributed by atoms with van der Waals surface area (Å²) >= 11 is 0.